The van der Waals surface area contributed by atoms with Gasteiger partial charge in [-0.05, 0) is 43.4 Å². The molecule has 2 aliphatic rings. The van der Waals surface area contributed by atoms with Crippen LogP contribution >= 0.6 is 0 Å². The molecule has 2 atom stereocenters. The van der Waals surface area contributed by atoms with Gasteiger partial charge in [0.2, 0.25) is 5.91 Å². The fourth-order valence-electron chi connectivity index (χ4n) is 3.69. The zero-order valence-electron chi connectivity index (χ0n) is 14.4. The smallest absolute Gasteiger partial charge is 0.323 e. The molecule has 6 nitrogen and oxygen atoms in total. The number of rotatable bonds is 3. The van der Waals surface area contributed by atoms with Gasteiger partial charge in [-0.25, -0.2) is 9.18 Å². The van der Waals surface area contributed by atoms with E-state index in [-0.39, 0.29) is 17.5 Å². The summed E-state index contributed by atoms with van der Waals surface area (Å²) in [5, 5.41) is 5.21. The van der Waals surface area contributed by atoms with Crippen LogP contribution in [0.5, 0.6) is 0 Å². The van der Waals surface area contributed by atoms with E-state index >= 15 is 0 Å². The van der Waals surface area contributed by atoms with Crippen molar-refractivity contribution in [3.05, 3.63) is 29.6 Å². The van der Waals surface area contributed by atoms with Crippen LogP contribution < -0.4 is 10.6 Å². The molecule has 1 saturated carbocycles. The average molecular weight is 347 g/mol. The Morgan fingerprint density at radius 3 is 2.84 bits per heavy atom. The minimum Gasteiger partial charge on any atom is -0.323 e. The van der Waals surface area contributed by atoms with Crippen LogP contribution in [0.1, 0.15) is 38.2 Å². The van der Waals surface area contributed by atoms with Crippen molar-refractivity contribution in [2.24, 2.45) is 5.92 Å². The predicted octanol–water partition coefficient (Wildman–Crippen LogP) is 2.57. The number of nitrogens with one attached hydrogen (secondary N) is 2. The highest BCUT2D eigenvalue weighted by atomic mass is 19.1. The molecule has 2 N–H and O–H groups in total. The van der Waals surface area contributed by atoms with Gasteiger partial charge in [0.05, 0.1) is 5.69 Å². The molecule has 0 bridgehead atoms. The van der Waals surface area contributed by atoms with E-state index in [1.165, 1.54) is 12.1 Å². The Hall–Kier alpha value is -2.44. The monoisotopic (exact) mass is 347 g/mol. The lowest BCUT2D eigenvalue weighted by Gasteiger charge is -2.36. The molecule has 3 rings (SSSR count). The van der Waals surface area contributed by atoms with Crippen LogP contribution in [0.3, 0.4) is 0 Å². The number of benzene rings is 1. The lowest BCUT2D eigenvalue weighted by molar-refractivity contribution is -0.136. The third kappa shape index (κ3) is 3.10. The number of carbonyl (C=O) groups is 3. The maximum atomic E-state index is 13.8. The third-order valence-electron chi connectivity index (χ3n) is 5.20. The van der Waals surface area contributed by atoms with Crippen LogP contribution in [0, 0.1) is 18.7 Å². The Morgan fingerprint density at radius 2 is 2.16 bits per heavy atom. The molecule has 0 unspecified atom stereocenters. The van der Waals surface area contributed by atoms with Crippen molar-refractivity contribution in [3.63, 3.8) is 0 Å². The second-order valence-electron chi connectivity index (χ2n) is 6.97. The quantitative estimate of drug-likeness (QED) is 0.825. The van der Waals surface area contributed by atoms with Crippen LogP contribution in [-0.2, 0) is 9.59 Å². The van der Waals surface area contributed by atoms with Gasteiger partial charge < -0.3 is 10.6 Å². The number of nitrogens with zero attached hydrogens (tertiary/aromatic N) is 1. The molecule has 1 saturated heterocycles. The Labute approximate surface area is 145 Å². The van der Waals surface area contributed by atoms with E-state index in [2.05, 4.69) is 10.6 Å². The summed E-state index contributed by atoms with van der Waals surface area (Å²) in [5.74, 6) is -1.49. The summed E-state index contributed by atoms with van der Waals surface area (Å²) in [5.41, 5.74) is -0.133. The number of anilines is 1. The number of hydrogen-bond acceptors (Lipinski definition) is 3. The Balaban J connectivity index is 1.71. The molecule has 0 radical (unpaired) electrons. The molecule has 1 aromatic carbocycles. The van der Waals surface area contributed by atoms with Crippen molar-refractivity contribution in [3.8, 4) is 0 Å². The molecule has 4 amide bonds. The maximum Gasteiger partial charge on any atom is 0.325 e. The van der Waals surface area contributed by atoms with Crippen LogP contribution in [0.2, 0.25) is 0 Å². The standard InChI is InChI=1S/C18H22FN3O3/c1-11-6-7-14(13(19)9-11)20-15(23)10-22-16(24)18(21-17(22)25)8-4-3-5-12(18)2/h6-7,9,12H,3-5,8,10H2,1-2H3,(H,20,23)(H,21,25)/t12-,18-/m1/s1. The minimum atomic E-state index is -0.898. The molecule has 7 heteroatoms. The first kappa shape index (κ1) is 17.4. The molecule has 1 aliphatic heterocycles. The molecule has 134 valence electrons. The summed E-state index contributed by atoms with van der Waals surface area (Å²) in [6.45, 7) is 3.27. The Morgan fingerprint density at radius 1 is 1.40 bits per heavy atom. The maximum absolute atomic E-state index is 13.8. The lowest BCUT2D eigenvalue weighted by Crippen LogP contribution is -2.54. The Bertz CT molecular complexity index is 736. The highest BCUT2D eigenvalue weighted by Crippen LogP contribution is 2.38. The van der Waals surface area contributed by atoms with E-state index in [9.17, 15) is 18.8 Å². The van der Waals surface area contributed by atoms with Crippen molar-refractivity contribution in [2.45, 2.75) is 45.1 Å². The van der Waals surface area contributed by atoms with Gasteiger partial charge in [0.25, 0.3) is 5.91 Å². The average Bonchev–Trinajstić information content (AvgIpc) is 2.78. The second-order valence-corrected chi connectivity index (χ2v) is 6.97. The van der Waals surface area contributed by atoms with E-state index in [0.29, 0.717) is 6.42 Å². The van der Waals surface area contributed by atoms with Crippen molar-refractivity contribution in [1.82, 2.24) is 10.2 Å². The van der Waals surface area contributed by atoms with Crippen molar-refractivity contribution in [1.29, 1.82) is 0 Å². The van der Waals surface area contributed by atoms with Gasteiger partial charge in [0.1, 0.15) is 17.9 Å². The number of hydrogen-bond donors (Lipinski definition) is 2. The van der Waals surface area contributed by atoms with E-state index in [1.54, 1.807) is 13.0 Å². The number of urea groups is 1. The number of amides is 4. The highest BCUT2D eigenvalue weighted by Gasteiger charge is 2.55. The van der Waals surface area contributed by atoms with Gasteiger partial charge in [-0.3, -0.25) is 14.5 Å². The van der Waals surface area contributed by atoms with Crippen LogP contribution in [0.15, 0.2) is 18.2 Å². The van der Waals surface area contributed by atoms with Gasteiger partial charge in [-0.2, -0.15) is 0 Å². The third-order valence-corrected chi connectivity index (χ3v) is 5.20. The van der Waals surface area contributed by atoms with E-state index in [1.807, 2.05) is 6.92 Å². The molecular weight excluding hydrogens is 325 g/mol. The molecule has 25 heavy (non-hydrogen) atoms. The molecule has 1 spiro atoms. The number of aryl methyl sites for hydroxylation is 1. The van der Waals surface area contributed by atoms with E-state index in [4.69, 9.17) is 0 Å². The van der Waals surface area contributed by atoms with Crippen molar-refractivity contribution < 1.29 is 18.8 Å². The first-order valence-corrected chi connectivity index (χ1v) is 8.53. The van der Waals surface area contributed by atoms with Crippen LogP contribution in [-0.4, -0.2) is 34.8 Å². The molecule has 1 heterocycles. The van der Waals surface area contributed by atoms with E-state index in [0.717, 1.165) is 29.7 Å². The van der Waals surface area contributed by atoms with Crippen LogP contribution in [0.4, 0.5) is 14.9 Å². The number of halogens is 1. The van der Waals surface area contributed by atoms with Gasteiger partial charge in [0, 0.05) is 0 Å². The van der Waals surface area contributed by atoms with Gasteiger partial charge in [-0.1, -0.05) is 25.8 Å². The summed E-state index contributed by atoms with van der Waals surface area (Å²) < 4.78 is 13.8. The van der Waals surface area contributed by atoms with Gasteiger partial charge in [0.15, 0.2) is 0 Å². The summed E-state index contributed by atoms with van der Waals surface area (Å²) >= 11 is 0. The second kappa shape index (κ2) is 6.46. The normalized spacial score (nSPS) is 26.0. The first-order valence-electron chi connectivity index (χ1n) is 8.53. The topological polar surface area (TPSA) is 78.5 Å². The van der Waals surface area contributed by atoms with Crippen LogP contribution in [0.25, 0.3) is 0 Å². The summed E-state index contributed by atoms with van der Waals surface area (Å²) in [6, 6.07) is 3.88. The summed E-state index contributed by atoms with van der Waals surface area (Å²) in [4.78, 5) is 38.2. The molecule has 1 aromatic rings. The zero-order valence-corrected chi connectivity index (χ0v) is 14.4. The predicted molar refractivity (Wildman–Crippen MR) is 90.4 cm³/mol. The number of imide groups is 1. The van der Waals surface area contributed by atoms with Crippen molar-refractivity contribution in [2.75, 3.05) is 11.9 Å². The van der Waals surface area contributed by atoms with E-state index < -0.39 is 29.8 Å². The largest absolute Gasteiger partial charge is 0.325 e. The highest BCUT2D eigenvalue weighted by molar-refractivity contribution is 6.10. The molecule has 1 aliphatic carbocycles. The zero-order chi connectivity index (χ0) is 18.2. The fraction of sp³-hybridized carbons (Fsp3) is 0.500. The Kier molecular flexibility index (Phi) is 4.49. The first-order chi connectivity index (χ1) is 11.8. The molecule has 0 aromatic heterocycles. The fourth-order valence-corrected chi connectivity index (χ4v) is 3.69. The summed E-state index contributed by atoms with van der Waals surface area (Å²) in [6.07, 6.45) is 3.34. The minimum absolute atomic E-state index is 0.0281. The van der Waals surface area contributed by atoms with Gasteiger partial charge >= 0.3 is 6.03 Å². The molecular formula is C18H22FN3O3. The molecule has 2 fully saturated rings. The van der Waals surface area contributed by atoms with Crippen molar-refractivity contribution >= 4 is 23.5 Å². The lowest BCUT2D eigenvalue weighted by atomic mass is 9.73. The summed E-state index contributed by atoms with van der Waals surface area (Å²) in [7, 11) is 0. The van der Waals surface area contributed by atoms with Gasteiger partial charge in [-0.15, -0.1) is 0 Å². The SMILES string of the molecule is Cc1ccc(NC(=O)CN2C(=O)N[C@@]3(CCCC[C@H]3C)C2=O)c(F)c1. The number of carbonyl (C=O) groups excluding carboxylic acids is 3.